The van der Waals surface area contributed by atoms with Crippen LogP contribution in [0.15, 0.2) is 36.4 Å². The minimum Gasteiger partial charge on any atom is -0.496 e. The van der Waals surface area contributed by atoms with Crippen molar-refractivity contribution in [1.29, 1.82) is 0 Å². The van der Waals surface area contributed by atoms with Crippen LogP contribution < -0.4 is 15.8 Å². The van der Waals surface area contributed by atoms with Crippen molar-refractivity contribution in [2.24, 2.45) is 0 Å². The first kappa shape index (κ1) is 14.2. The number of carbonyl (C=O) groups excluding carboxylic acids is 1. The van der Waals surface area contributed by atoms with Crippen LogP contribution in [0.2, 0.25) is 5.02 Å². The fourth-order valence-corrected chi connectivity index (χ4v) is 2.02. The number of nitrogens with two attached hydrogens (primary N) is 1. The van der Waals surface area contributed by atoms with E-state index in [1.165, 1.54) is 7.11 Å². The van der Waals surface area contributed by atoms with Crippen LogP contribution in [0.25, 0.3) is 0 Å². The van der Waals surface area contributed by atoms with Crippen LogP contribution in [0.5, 0.6) is 5.75 Å². The highest BCUT2D eigenvalue weighted by Crippen LogP contribution is 2.27. The first-order chi connectivity index (χ1) is 9.52. The minimum atomic E-state index is -0.258. The molecule has 5 heteroatoms. The van der Waals surface area contributed by atoms with Crippen molar-refractivity contribution in [2.75, 3.05) is 18.2 Å². The number of hydrogen-bond donors (Lipinski definition) is 2. The fourth-order valence-electron chi connectivity index (χ4n) is 1.86. The molecule has 0 saturated carbocycles. The predicted molar refractivity (Wildman–Crippen MR) is 81.5 cm³/mol. The van der Waals surface area contributed by atoms with Gasteiger partial charge in [0.25, 0.3) is 5.91 Å². The van der Waals surface area contributed by atoms with Crippen LogP contribution in [-0.4, -0.2) is 13.0 Å². The Hall–Kier alpha value is -2.20. The minimum absolute atomic E-state index is 0.258. The van der Waals surface area contributed by atoms with Crippen LogP contribution in [0, 0.1) is 6.92 Å². The van der Waals surface area contributed by atoms with Crippen LogP contribution >= 0.6 is 11.6 Å². The molecule has 2 aromatic carbocycles. The Balaban J connectivity index is 2.30. The summed E-state index contributed by atoms with van der Waals surface area (Å²) in [5.41, 5.74) is 8.13. The van der Waals surface area contributed by atoms with Crippen molar-refractivity contribution in [3.8, 4) is 5.75 Å². The van der Waals surface area contributed by atoms with Gasteiger partial charge in [0.2, 0.25) is 0 Å². The van der Waals surface area contributed by atoms with Crippen LogP contribution in [0.4, 0.5) is 11.4 Å². The molecule has 2 aromatic rings. The quantitative estimate of drug-likeness (QED) is 0.851. The highest BCUT2D eigenvalue weighted by atomic mass is 35.5. The van der Waals surface area contributed by atoms with E-state index in [4.69, 9.17) is 22.1 Å². The Morgan fingerprint density at radius 2 is 2.00 bits per heavy atom. The maximum Gasteiger partial charge on any atom is 0.259 e. The van der Waals surface area contributed by atoms with Crippen molar-refractivity contribution in [2.45, 2.75) is 6.92 Å². The van der Waals surface area contributed by atoms with Gasteiger partial charge in [0.15, 0.2) is 0 Å². The monoisotopic (exact) mass is 290 g/mol. The average molecular weight is 291 g/mol. The van der Waals surface area contributed by atoms with Crippen molar-refractivity contribution in [1.82, 2.24) is 0 Å². The number of carbonyl (C=O) groups is 1. The van der Waals surface area contributed by atoms with Gasteiger partial charge in [-0.1, -0.05) is 23.7 Å². The van der Waals surface area contributed by atoms with E-state index in [1.807, 2.05) is 6.92 Å². The number of halogens is 1. The molecule has 0 heterocycles. The van der Waals surface area contributed by atoms with Crippen molar-refractivity contribution >= 4 is 28.9 Å². The van der Waals surface area contributed by atoms with E-state index >= 15 is 0 Å². The zero-order chi connectivity index (χ0) is 14.7. The second-order valence-corrected chi connectivity index (χ2v) is 4.75. The molecule has 3 N–H and O–H groups in total. The SMILES string of the molecule is COc1ccccc1C(=O)Nc1cc(Cl)c(N)cc1C. The Kier molecular flexibility index (Phi) is 4.15. The molecular weight excluding hydrogens is 276 g/mol. The number of anilines is 2. The smallest absolute Gasteiger partial charge is 0.259 e. The maximum atomic E-state index is 12.3. The number of ether oxygens (including phenoxy) is 1. The maximum absolute atomic E-state index is 12.3. The van der Waals surface area contributed by atoms with Gasteiger partial charge in [-0.15, -0.1) is 0 Å². The lowest BCUT2D eigenvalue weighted by Crippen LogP contribution is -2.14. The number of para-hydroxylation sites is 1. The van der Waals surface area contributed by atoms with Crippen LogP contribution in [0.3, 0.4) is 0 Å². The number of nitrogen functional groups attached to an aromatic ring is 1. The van der Waals surface area contributed by atoms with Gasteiger partial charge in [0.05, 0.1) is 23.4 Å². The highest BCUT2D eigenvalue weighted by molar-refractivity contribution is 6.33. The Labute approximate surface area is 122 Å². The number of nitrogens with one attached hydrogen (secondary N) is 1. The van der Waals surface area contributed by atoms with Crippen molar-refractivity contribution in [3.63, 3.8) is 0 Å². The number of aryl methyl sites for hydroxylation is 1. The summed E-state index contributed by atoms with van der Waals surface area (Å²) in [5, 5.41) is 3.22. The zero-order valence-electron chi connectivity index (χ0n) is 11.2. The normalized spacial score (nSPS) is 10.2. The third-order valence-corrected chi connectivity index (χ3v) is 3.27. The molecule has 0 bridgehead atoms. The molecule has 0 aliphatic rings. The van der Waals surface area contributed by atoms with Gasteiger partial charge in [0, 0.05) is 5.69 Å². The van der Waals surface area contributed by atoms with E-state index < -0.39 is 0 Å². The predicted octanol–water partition coefficient (Wildman–Crippen LogP) is 3.49. The number of amides is 1. The van der Waals surface area contributed by atoms with E-state index in [9.17, 15) is 4.79 Å². The fraction of sp³-hybridized carbons (Fsp3) is 0.133. The number of benzene rings is 2. The Morgan fingerprint density at radius 3 is 2.70 bits per heavy atom. The van der Waals surface area contributed by atoms with E-state index in [-0.39, 0.29) is 5.91 Å². The molecule has 0 fully saturated rings. The number of hydrogen-bond acceptors (Lipinski definition) is 3. The van der Waals surface area contributed by atoms with Crippen LogP contribution in [0.1, 0.15) is 15.9 Å². The second kappa shape index (κ2) is 5.84. The lowest BCUT2D eigenvalue weighted by molar-refractivity contribution is 0.102. The van der Waals surface area contributed by atoms with E-state index in [0.29, 0.717) is 27.7 Å². The number of rotatable bonds is 3. The van der Waals surface area contributed by atoms with Gasteiger partial charge >= 0.3 is 0 Å². The molecule has 0 spiro atoms. The molecule has 0 saturated heterocycles. The van der Waals surface area contributed by atoms with Gasteiger partial charge in [-0.05, 0) is 36.8 Å². The van der Waals surface area contributed by atoms with E-state index in [2.05, 4.69) is 5.32 Å². The van der Waals surface area contributed by atoms with E-state index in [1.54, 1.807) is 36.4 Å². The summed E-state index contributed by atoms with van der Waals surface area (Å²) >= 11 is 5.97. The molecule has 4 nitrogen and oxygen atoms in total. The lowest BCUT2D eigenvalue weighted by atomic mass is 10.1. The zero-order valence-corrected chi connectivity index (χ0v) is 12.0. The first-order valence-corrected chi connectivity index (χ1v) is 6.40. The second-order valence-electron chi connectivity index (χ2n) is 4.34. The summed E-state index contributed by atoms with van der Waals surface area (Å²) in [6.07, 6.45) is 0. The third kappa shape index (κ3) is 2.86. The first-order valence-electron chi connectivity index (χ1n) is 6.03. The van der Waals surface area contributed by atoms with Crippen molar-refractivity contribution < 1.29 is 9.53 Å². The average Bonchev–Trinajstić information content (AvgIpc) is 2.44. The summed E-state index contributed by atoms with van der Waals surface area (Å²) in [6.45, 7) is 1.85. The molecule has 2 rings (SSSR count). The lowest BCUT2D eigenvalue weighted by Gasteiger charge is -2.12. The topological polar surface area (TPSA) is 64.3 Å². The van der Waals surface area contributed by atoms with Gasteiger partial charge in [0.1, 0.15) is 5.75 Å². The summed E-state index contributed by atoms with van der Waals surface area (Å²) < 4.78 is 5.17. The van der Waals surface area contributed by atoms with Gasteiger partial charge in [-0.25, -0.2) is 0 Å². The van der Waals surface area contributed by atoms with Crippen LogP contribution in [-0.2, 0) is 0 Å². The standard InChI is InChI=1S/C15H15ClN2O2/c1-9-7-12(17)11(16)8-13(9)18-15(19)10-5-3-4-6-14(10)20-2/h3-8H,17H2,1-2H3,(H,18,19). The molecule has 0 aliphatic heterocycles. The largest absolute Gasteiger partial charge is 0.496 e. The third-order valence-electron chi connectivity index (χ3n) is 2.94. The summed E-state index contributed by atoms with van der Waals surface area (Å²) in [7, 11) is 1.53. The Morgan fingerprint density at radius 1 is 1.30 bits per heavy atom. The molecule has 1 amide bonds. The molecule has 104 valence electrons. The van der Waals surface area contributed by atoms with Gasteiger partial charge in [-0.2, -0.15) is 0 Å². The summed E-state index contributed by atoms with van der Waals surface area (Å²) in [5.74, 6) is 0.260. The molecule has 20 heavy (non-hydrogen) atoms. The van der Waals surface area contributed by atoms with E-state index in [0.717, 1.165) is 5.56 Å². The number of methoxy groups -OCH3 is 1. The molecular formula is C15H15ClN2O2. The Bertz CT molecular complexity index is 656. The molecule has 0 aliphatic carbocycles. The molecule has 0 radical (unpaired) electrons. The highest BCUT2D eigenvalue weighted by Gasteiger charge is 2.13. The van der Waals surface area contributed by atoms with Crippen molar-refractivity contribution in [3.05, 3.63) is 52.5 Å². The van der Waals surface area contributed by atoms with Gasteiger partial charge < -0.3 is 15.8 Å². The van der Waals surface area contributed by atoms with Gasteiger partial charge in [-0.3, -0.25) is 4.79 Å². The summed E-state index contributed by atoms with van der Waals surface area (Å²) in [4.78, 5) is 12.3. The molecule has 0 atom stereocenters. The molecule has 0 aromatic heterocycles. The molecule has 0 unspecified atom stereocenters. The summed E-state index contributed by atoms with van der Waals surface area (Å²) in [6, 6.07) is 10.4.